The molecule has 1 amide bonds. The first-order chi connectivity index (χ1) is 12.0. The summed E-state index contributed by atoms with van der Waals surface area (Å²) in [4.78, 5) is 16.0. The zero-order valence-corrected chi connectivity index (χ0v) is 15.9. The lowest BCUT2D eigenvalue weighted by atomic mass is 10.00. The van der Waals surface area contributed by atoms with Gasteiger partial charge in [0.05, 0.1) is 12.0 Å². The van der Waals surface area contributed by atoms with Crippen molar-refractivity contribution in [1.29, 1.82) is 0 Å². The first-order valence-electron chi connectivity index (χ1n) is 8.56. The standard InChI is InChI=1S/C18H25N5OS/c1-13-8-14(2)16(11-23-6-4-22(3)5-7-23)9-15(13)10-19-21-18-20-17(24)12-25-18/h8-10H,4-7,11-12H2,1-3H3,(H,20,21,24). The van der Waals surface area contributed by atoms with E-state index in [2.05, 4.69) is 58.3 Å². The van der Waals surface area contributed by atoms with E-state index >= 15 is 0 Å². The van der Waals surface area contributed by atoms with Gasteiger partial charge in [-0.3, -0.25) is 9.69 Å². The monoisotopic (exact) mass is 359 g/mol. The van der Waals surface area contributed by atoms with Crippen LogP contribution in [0.3, 0.4) is 0 Å². The van der Waals surface area contributed by atoms with Gasteiger partial charge in [0.15, 0.2) is 5.17 Å². The van der Waals surface area contributed by atoms with E-state index < -0.39 is 0 Å². The maximum Gasteiger partial charge on any atom is 0.236 e. The molecule has 1 N–H and O–H groups in total. The molecule has 0 bridgehead atoms. The number of piperazine rings is 1. The molecule has 0 spiro atoms. The van der Waals surface area contributed by atoms with Crippen molar-refractivity contribution < 1.29 is 4.79 Å². The van der Waals surface area contributed by atoms with Crippen molar-refractivity contribution in [1.82, 2.24) is 15.1 Å². The van der Waals surface area contributed by atoms with Crippen molar-refractivity contribution in [2.75, 3.05) is 39.0 Å². The number of hydrogen-bond acceptors (Lipinski definition) is 6. The van der Waals surface area contributed by atoms with Crippen LogP contribution in [-0.4, -0.2) is 66.1 Å². The summed E-state index contributed by atoms with van der Waals surface area (Å²) in [6, 6.07) is 4.43. The van der Waals surface area contributed by atoms with E-state index in [1.54, 1.807) is 6.21 Å². The highest BCUT2D eigenvalue weighted by molar-refractivity contribution is 8.15. The van der Waals surface area contributed by atoms with Crippen LogP contribution in [-0.2, 0) is 11.3 Å². The van der Waals surface area contributed by atoms with Gasteiger partial charge in [0.1, 0.15) is 0 Å². The molecule has 3 rings (SSSR count). The molecule has 0 atom stereocenters. The molecule has 25 heavy (non-hydrogen) atoms. The van der Waals surface area contributed by atoms with Gasteiger partial charge in [-0.25, -0.2) is 0 Å². The third-order valence-electron chi connectivity index (χ3n) is 4.65. The molecule has 0 radical (unpaired) electrons. The van der Waals surface area contributed by atoms with Gasteiger partial charge in [-0.15, -0.1) is 5.10 Å². The molecule has 7 heteroatoms. The van der Waals surface area contributed by atoms with Crippen molar-refractivity contribution in [3.05, 3.63) is 34.4 Å². The normalized spacial score (nSPS) is 21.4. The van der Waals surface area contributed by atoms with Crippen molar-refractivity contribution in [2.45, 2.75) is 20.4 Å². The molecule has 2 saturated heterocycles. The number of thioether (sulfide) groups is 1. The topological polar surface area (TPSA) is 60.3 Å². The molecule has 6 nitrogen and oxygen atoms in total. The molecule has 2 fully saturated rings. The van der Waals surface area contributed by atoms with Crippen LogP contribution in [0.25, 0.3) is 0 Å². The van der Waals surface area contributed by atoms with Crippen LogP contribution in [0.5, 0.6) is 0 Å². The number of amidine groups is 1. The molecule has 2 aliphatic rings. The van der Waals surface area contributed by atoms with E-state index in [0.29, 0.717) is 10.9 Å². The van der Waals surface area contributed by atoms with Crippen LogP contribution >= 0.6 is 11.8 Å². The number of rotatable bonds is 4. The Balaban J connectivity index is 1.70. The molecule has 1 aromatic carbocycles. The van der Waals surface area contributed by atoms with E-state index in [-0.39, 0.29) is 5.91 Å². The molecule has 0 aliphatic carbocycles. The number of nitrogens with zero attached hydrogens (tertiary/aromatic N) is 4. The number of likely N-dealkylation sites (N-methyl/N-ethyl adjacent to an activating group) is 1. The van der Waals surface area contributed by atoms with Crippen LogP contribution in [0.15, 0.2) is 22.3 Å². The summed E-state index contributed by atoms with van der Waals surface area (Å²) < 4.78 is 0. The van der Waals surface area contributed by atoms with Crippen LogP contribution in [0.4, 0.5) is 0 Å². The highest BCUT2D eigenvalue weighted by Crippen LogP contribution is 2.18. The molecule has 134 valence electrons. The molecule has 1 aromatic rings. The third kappa shape index (κ3) is 4.90. The van der Waals surface area contributed by atoms with Crippen LogP contribution < -0.4 is 5.32 Å². The largest absolute Gasteiger partial charge is 0.304 e. The van der Waals surface area contributed by atoms with Gasteiger partial charge in [0.2, 0.25) is 5.91 Å². The van der Waals surface area contributed by atoms with E-state index in [9.17, 15) is 4.79 Å². The molecular formula is C18H25N5OS. The summed E-state index contributed by atoms with van der Waals surface area (Å²) in [5, 5.41) is 11.5. The zero-order chi connectivity index (χ0) is 17.8. The van der Waals surface area contributed by atoms with Crippen molar-refractivity contribution in [3.8, 4) is 0 Å². The van der Waals surface area contributed by atoms with Gasteiger partial charge in [-0.2, -0.15) is 5.10 Å². The zero-order valence-electron chi connectivity index (χ0n) is 15.1. The Morgan fingerprint density at radius 3 is 2.64 bits per heavy atom. The van der Waals surface area contributed by atoms with Gasteiger partial charge >= 0.3 is 0 Å². The number of hydrogen-bond donors (Lipinski definition) is 1. The lowest BCUT2D eigenvalue weighted by Crippen LogP contribution is -2.44. The first-order valence-corrected chi connectivity index (χ1v) is 9.54. The average Bonchev–Trinajstić information content (AvgIpc) is 2.99. The Labute approximate surface area is 153 Å². The highest BCUT2D eigenvalue weighted by Gasteiger charge is 2.16. The molecule has 0 unspecified atom stereocenters. The van der Waals surface area contributed by atoms with Crippen LogP contribution in [0.2, 0.25) is 0 Å². The van der Waals surface area contributed by atoms with Crippen molar-refractivity contribution in [2.24, 2.45) is 10.2 Å². The predicted octanol–water partition coefficient (Wildman–Crippen LogP) is 1.60. The average molecular weight is 359 g/mol. The summed E-state index contributed by atoms with van der Waals surface area (Å²) in [6.07, 6.45) is 1.78. The SMILES string of the molecule is Cc1cc(C)c(CN2CCN(C)CC2)cc1C=NN=C1NC(=O)CS1. The summed E-state index contributed by atoms with van der Waals surface area (Å²) in [6.45, 7) is 9.70. The lowest BCUT2D eigenvalue weighted by molar-refractivity contribution is -0.116. The molecular weight excluding hydrogens is 334 g/mol. The highest BCUT2D eigenvalue weighted by atomic mass is 32.2. The van der Waals surface area contributed by atoms with Crippen molar-refractivity contribution in [3.63, 3.8) is 0 Å². The molecule has 2 heterocycles. The molecule has 0 saturated carbocycles. The van der Waals surface area contributed by atoms with Gasteiger partial charge in [-0.05, 0) is 49.2 Å². The van der Waals surface area contributed by atoms with E-state index in [4.69, 9.17) is 0 Å². The van der Waals surface area contributed by atoms with Crippen molar-refractivity contribution >= 4 is 29.1 Å². The number of aryl methyl sites for hydroxylation is 2. The Bertz CT molecular complexity index is 708. The van der Waals surface area contributed by atoms with Gasteiger partial charge in [-0.1, -0.05) is 17.8 Å². The fourth-order valence-electron chi connectivity index (χ4n) is 3.00. The Morgan fingerprint density at radius 1 is 1.20 bits per heavy atom. The quantitative estimate of drug-likeness (QED) is 0.655. The number of nitrogens with one attached hydrogen (secondary N) is 1. The summed E-state index contributed by atoms with van der Waals surface area (Å²) >= 11 is 1.38. The number of benzene rings is 1. The maximum absolute atomic E-state index is 11.2. The van der Waals surface area contributed by atoms with Gasteiger partial charge in [0.25, 0.3) is 0 Å². The minimum absolute atomic E-state index is 0.0140. The maximum atomic E-state index is 11.2. The summed E-state index contributed by atoms with van der Waals surface area (Å²) in [7, 11) is 2.18. The van der Waals surface area contributed by atoms with Crippen LogP contribution in [0, 0.1) is 13.8 Å². The summed E-state index contributed by atoms with van der Waals surface area (Å²) in [5.41, 5.74) is 4.92. The number of amides is 1. The minimum Gasteiger partial charge on any atom is -0.304 e. The van der Waals surface area contributed by atoms with E-state index in [1.165, 1.54) is 28.5 Å². The Kier molecular flexibility index (Phi) is 5.88. The third-order valence-corrected chi connectivity index (χ3v) is 5.51. The smallest absolute Gasteiger partial charge is 0.236 e. The van der Waals surface area contributed by atoms with Crippen LogP contribution in [0.1, 0.15) is 22.3 Å². The van der Waals surface area contributed by atoms with E-state index in [0.717, 1.165) is 38.3 Å². The number of carbonyl (C=O) groups is 1. The lowest BCUT2D eigenvalue weighted by Gasteiger charge is -2.32. The molecule has 0 aromatic heterocycles. The van der Waals surface area contributed by atoms with Gasteiger partial charge < -0.3 is 10.2 Å². The first kappa shape index (κ1) is 18.1. The Hall–Kier alpha value is -1.70. The van der Waals surface area contributed by atoms with Gasteiger partial charge in [0, 0.05) is 32.7 Å². The fourth-order valence-corrected chi connectivity index (χ4v) is 3.63. The number of carbonyl (C=O) groups excluding carboxylic acids is 1. The second-order valence-corrected chi connectivity index (χ2v) is 7.67. The minimum atomic E-state index is -0.0140. The van der Waals surface area contributed by atoms with E-state index in [1.807, 2.05) is 0 Å². The Morgan fingerprint density at radius 2 is 1.96 bits per heavy atom. The second kappa shape index (κ2) is 8.12. The summed E-state index contributed by atoms with van der Waals surface area (Å²) in [5.74, 6) is 0.410. The second-order valence-electron chi connectivity index (χ2n) is 6.70. The molecule has 2 aliphatic heterocycles. The fraction of sp³-hybridized carbons (Fsp3) is 0.500. The predicted molar refractivity (Wildman–Crippen MR) is 104 cm³/mol.